The molecule has 0 spiro atoms. The first-order valence-electron chi connectivity index (χ1n) is 8.02. The number of anilines is 1. The van der Waals surface area contributed by atoms with Gasteiger partial charge in [-0.25, -0.2) is 13.2 Å². The van der Waals surface area contributed by atoms with Crippen LogP contribution in [0.3, 0.4) is 0 Å². The minimum absolute atomic E-state index is 0.211. The molecule has 3 rings (SSSR count). The predicted molar refractivity (Wildman–Crippen MR) is 93.7 cm³/mol. The minimum atomic E-state index is -0.935. The molecule has 1 aromatic heterocycles. The van der Waals surface area contributed by atoms with E-state index in [4.69, 9.17) is 0 Å². The maximum Gasteiger partial charge on any atom is 0.272 e. The van der Waals surface area contributed by atoms with Crippen molar-refractivity contribution in [2.24, 2.45) is 0 Å². The Morgan fingerprint density at radius 1 is 1.00 bits per heavy atom. The summed E-state index contributed by atoms with van der Waals surface area (Å²) in [7, 11) is 0. The fourth-order valence-corrected chi connectivity index (χ4v) is 2.93. The van der Waals surface area contributed by atoms with E-state index in [9.17, 15) is 18.0 Å². The Balaban J connectivity index is 1.92. The molecule has 0 saturated heterocycles. The number of aryl methyl sites for hydroxylation is 2. The molecule has 0 unspecified atom stereocenters. The summed E-state index contributed by atoms with van der Waals surface area (Å²) < 4.78 is 41.6. The number of nitrogens with one attached hydrogen (secondary N) is 1. The number of rotatable bonds is 4. The zero-order valence-electron chi connectivity index (χ0n) is 14.3. The summed E-state index contributed by atoms with van der Waals surface area (Å²) in [4.78, 5) is 12.7. The van der Waals surface area contributed by atoms with Gasteiger partial charge in [-0.3, -0.25) is 4.79 Å². The molecule has 6 heteroatoms. The number of carbonyl (C=O) groups excluding carboxylic acids is 1. The zero-order chi connectivity index (χ0) is 18.8. The number of amides is 1. The minimum Gasteiger partial charge on any atom is -0.336 e. The first-order chi connectivity index (χ1) is 12.3. The Labute approximate surface area is 149 Å². The summed E-state index contributed by atoms with van der Waals surface area (Å²) >= 11 is 0. The van der Waals surface area contributed by atoms with Crippen molar-refractivity contribution in [3.8, 4) is 0 Å². The monoisotopic (exact) mass is 358 g/mol. The fourth-order valence-electron chi connectivity index (χ4n) is 2.93. The highest BCUT2D eigenvalue weighted by atomic mass is 19.2. The van der Waals surface area contributed by atoms with Crippen LogP contribution in [0.25, 0.3) is 0 Å². The van der Waals surface area contributed by atoms with Crippen LogP contribution in [0.5, 0.6) is 0 Å². The van der Waals surface area contributed by atoms with Crippen molar-refractivity contribution in [2.75, 3.05) is 5.32 Å². The second kappa shape index (κ2) is 7.07. The lowest BCUT2D eigenvalue weighted by atomic mass is 10.2. The number of halogens is 3. The highest BCUT2D eigenvalue weighted by molar-refractivity contribution is 6.04. The molecule has 1 N–H and O–H groups in total. The second-order valence-corrected chi connectivity index (χ2v) is 6.12. The van der Waals surface area contributed by atoms with Crippen molar-refractivity contribution in [3.63, 3.8) is 0 Å². The van der Waals surface area contributed by atoms with Crippen molar-refractivity contribution in [1.29, 1.82) is 0 Å². The molecule has 1 amide bonds. The van der Waals surface area contributed by atoms with Gasteiger partial charge < -0.3 is 9.88 Å². The average molecular weight is 358 g/mol. The number of aromatic nitrogens is 1. The lowest BCUT2D eigenvalue weighted by molar-refractivity contribution is 0.101. The van der Waals surface area contributed by atoms with Crippen molar-refractivity contribution in [1.82, 2.24) is 4.57 Å². The summed E-state index contributed by atoms with van der Waals surface area (Å²) in [5.74, 6) is -2.70. The maximum absolute atomic E-state index is 13.5. The molecule has 0 aliphatic carbocycles. The smallest absolute Gasteiger partial charge is 0.272 e. The van der Waals surface area contributed by atoms with Gasteiger partial charge in [0.05, 0.1) is 0 Å². The number of benzene rings is 2. The SMILES string of the molecule is Cc1cc(C)n(Cc2ccc(F)c(F)c2)c1C(=O)Nc1cccc(F)c1. The summed E-state index contributed by atoms with van der Waals surface area (Å²) in [6, 6.07) is 11.1. The molecule has 0 atom stereocenters. The largest absolute Gasteiger partial charge is 0.336 e. The molecular formula is C20H17F3N2O. The fraction of sp³-hybridized carbons (Fsp3) is 0.150. The molecule has 26 heavy (non-hydrogen) atoms. The molecule has 0 fully saturated rings. The molecule has 2 aromatic carbocycles. The second-order valence-electron chi connectivity index (χ2n) is 6.12. The van der Waals surface area contributed by atoms with E-state index in [1.165, 1.54) is 24.3 Å². The van der Waals surface area contributed by atoms with Crippen LogP contribution >= 0.6 is 0 Å². The van der Waals surface area contributed by atoms with Gasteiger partial charge in [0, 0.05) is 17.9 Å². The van der Waals surface area contributed by atoms with Gasteiger partial charge in [-0.2, -0.15) is 0 Å². The van der Waals surface area contributed by atoms with Crippen LogP contribution in [0.2, 0.25) is 0 Å². The normalized spacial score (nSPS) is 10.8. The number of nitrogens with zero attached hydrogens (tertiary/aromatic N) is 1. The standard InChI is InChI=1S/C20H17F3N2O/c1-12-8-13(2)25(11-14-6-7-17(22)18(23)9-14)19(12)20(26)24-16-5-3-4-15(21)10-16/h3-10H,11H2,1-2H3,(H,24,26). The Morgan fingerprint density at radius 2 is 1.77 bits per heavy atom. The number of hydrogen-bond donors (Lipinski definition) is 1. The summed E-state index contributed by atoms with van der Waals surface area (Å²) in [6.07, 6.45) is 0. The Hall–Kier alpha value is -3.02. The van der Waals surface area contributed by atoms with Gasteiger partial charge in [0.15, 0.2) is 11.6 Å². The van der Waals surface area contributed by atoms with E-state index in [1.807, 2.05) is 13.0 Å². The molecule has 3 aromatic rings. The first-order valence-corrected chi connectivity index (χ1v) is 8.02. The lowest BCUT2D eigenvalue weighted by Crippen LogP contribution is -2.19. The van der Waals surface area contributed by atoms with E-state index in [2.05, 4.69) is 5.32 Å². The molecule has 3 nitrogen and oxygen atoms in total. The van der Waals surface area contributed by atoms with Crippen LogP contribution < -0.4 is 5.32 Å². The van der Waals surface area contributed by atoms with E-state index >= 15 is 0 Å². The third-order valence-corrected chi connectivity index (χ3v) is 4.12. The van der Waals surface area contributed by atoms with E-state index in [-0.39, 0.29) is 6.54 Å². The van der Waals surface area contributed by atoms with Gasteiger partial charge >= 0.3 is 0 Å². The van der Waals surface area contributed by atoms with Crippen molar-refractivity contribution >= 4 is 11.6 Å². The Kier molecular flexibility index (Phi) is 4.84. The van der Waals surface area contributed by atoms with Gasteiger partial charge in [-0.1, -0.05) is 12.1 Å². The highest BCUT2D eigenvalue weighted by Gasteiger charge is 2.18. The lowest BCUT2D eigenvalue weighted by Gasteiger charge is -2.13. The maximum atomic E-state index is 13.5. The van der Waals surface area contributed by atoms with Gasteiger partial charge in [0.25, 0.3) is 5.91 Å². The van der Waals surface area contributed by atoms with Crippen LogP contribution in [0.1, 0.15) is 27.3 Å². The van der Waals surface area contributed by atoms with Crippen LogP contribution in [0.15, 0.2) is 48.5 Å². The molecule has 0 aliphatic rings. The van der Waals surface area contributed by atoms with E-state index in [0.29, 0.717) is 16.9 Å². The third kappa shape index (κ3) is 3.64. The molecule has 0 aliphatic heterocycles. The number of hydrogen-bond acceptors (Lipinski definition) is 1. The van der Waals surface area contributed by atoms with Gasteiger partial charge in [-0.05, 0) is 61.4 Å². The van der Waals surface area contributed by atoms with Crippen LogP contribution in [-0.4, -0.2) is 10.5 Å². The van der Waals surface area contributed by atoms with Crippen LogP contribution in [-0.2, 0) is 6.54 Å². The van der Waals surface area contributed by atoms with E-state index < -0.39 is 23.4 Å². The van der Waals surface area contributed by atoms with Gasteiger partial charge in [0.2, 0.25) is 0 Å². The molecular weight excluding hydrogens is 341 g/mol. The van der Waals surface area contributed by atoms with Crippen LogP contribution in [0.4, 0.5) is 18.9 Å². The van der Waals surface area contributed by atoms with E-state index in [0.717, 1.165) is 23.4 Å². The van der Waals surface area contributed by atoms with Crippen molar-refractivity contribution in [3.05, 3.63) is 88.5 Å². The highest BCUT2D eigenvalue weighted by Crippen LogP contribution is 2.20. The topological polar surface area (TPSA) is 34.0 Å². The number of carbonyl (C=O) groups is 1. The van der Waals surface area contributed by atoms with E-state index in [1.54, 1.807) is 17.6 Å². The summed E-state index contributed by atoms with van der Waals surface area (Å²) in [6.45, 7) is 3.82. The quantitative estimate of drug-likeness (QED) is 0.713. The molecule has 0 bridgehead atoms. The molecule has 1 heterocycles. The van der Waals surface area contributed by atoms with Crippen molar-refractivity contribution < 1.29 is 18.0 Å². The summed E-state index contributed by atoms with van der Waals surface area (Å²) in [5, 5.41) is 2.67. The summed E-state index contributed by atoms with van der Waals surface area (Å²) in [5.41, 5.74) is 2.79. The molecule has 0 saturated carbocycles. The molecule has 134 valence electrons. The van der Waals surface area contributed by atoms with Crippen molar-refractivity contribution in [2.45, 2.75) is 20.4 Å². The van der Waals surface area contributed by atoms with Gasteiger partial charge in [-0.15, -0.1) is 0 Å². The first kappa shape index (κ1) is 17.8. The average Bonchev–Trinajstić information content (AvgIpc) is 2.84. The zero-order valence-corrected chi connectivity index (χ0v) is 14.3. The van der Waals surface area contributed by atoms with Gasteiger partial charge in [0.1, 0.15) is 11.5 Å². The Morgan fingerprint density at radius 3 is 2.46 bits per heavy atom. The van der Waals surface area contributed by atoms with Crippen LogP contribution in [0, 0.1) is 31.3 Å². The Bertz CT molecular complexity index is 979. The third-order valence-electron chi connectivity index (χ3n) is 4.12. The predicted octanol–water partition coefficient (Wildman–Crippen LogP) is 4.82. The molecule has 0 radical (unpaired) electrons.